The fraction of sp³-hybridized carbons (Fsp3) is 0.500. The molecule has 2 atom stereocenters. The molecule has 0 spiro atoms. The standard InChI is InChI=1S/C16H23N3O2/c1-6-11(4)20-14-9(2)7-13(8-10(14)3)15-18-16(12(5)17)21-19-15/h7-8,11-12H,6,17H2,1-5H3/t11-,12-/m1/s1. The Morgan fingerprint density at radius 3 is 2.33 bits per heavy atom. The van der Waals surface area contributed by atoms with Crippen molar-refractivity contribution in [2.45, 2.75) is 53.2 Å². The predicted octanol–water partition coefficient (Wildman–Crippen LogP) is 3.55. The highest BCUT2D eigenvalue weighted by Gasteiger charge is 2.15. The Morgan fingerprint density at radius 2 is 1.86 bits per heavy atom. The predicted molar refractivity (Wildman–Crippen MR) is 82.2 cm³/mol. The minimum atomic E-state index is -0.263. The minimum absolute atomic E-state index is 0.197. The molecule has 2 aromatic rings. The van der Waals surface area contributed by atoms with Crippen molar-refractivity contribution in [3.63, 3.8) is 0 Å². The average Bonchev–Trinajstić information content (AvgIpc) is 2.92. The molecular formula is C16H23N3O2. The number of hydrogen-bond donors (Lipinski definition) is 1. The molecule has 2 rings (SSSR count). The van der Waals surface area contributed by atoms with Crippen LogP contribution in [-0.4, -0.2) is 16.2 Å². The summed E-state index contributed by atoms with van der Waals surface area (Å²) in [6, 6.07) is 3.77. The van der Waals surface area contributed by atoms with E-state index >= 15 is 0 Å². The first-order valence-electron chi connectivity index (χ1n) is 7.29. The summed E-state index contributed by atoms with van der Waals surface area (Å²) in [5.74, 6) is 1.94. The Hall–Kier alpha value is -1.88. The Morgan fingerprint density at radius 1 is 1.24 bits per heavy atom. The van der Waals surface area contributed by atoms with Gasteiger partial charge in [-0.05, 0) is 57.4 Å². The van der Waals surface area contributed by atoms with Crippen LogP contribution in [0.4, 0.5) is 0 Å². The van der Waals surface area contributed by atoms with Crippen molar-refractivity contribution in [1.82, 2.24) is 10.1 Å². The third-order valence-corrected chi connectivity index (χ3v) is 3.44. The number of aryl methyl sites for hydroxylation is 2. The molecule has 0 bridgehead atoms. The van der Waals surface area contributed by atoms with Crippen LogP contribution in [0.3, 0.4) is 0 Å². The highest BCUT2D eigenvalue weighted by Crippen LogP contribution is 2.30. The Labute approximate surface area is 125 Å². The minimum Gasteiger partial charge on any atom is -0.490 e. The zero-order valence-electron chi connectivity index (χ0n) is 13.3. The average molecular weight is 289 g/mol. The number of nitrogens with zero attached hydrogens (tertiary/aromatic N) is 2. The van der Waals surface area contributed by atoms with Gasteiger partial charge in [-0.2, -0.15) is 4.98 Å². The van der Waals surface area contributed by atoms with Crippen LogP contribution >= 0.6 is 0 Å². The highest BCUT2D eigenvalue weighted by atomic mass is 16.5. The van der Waals surface area contributed by atoms with Crippen LogP contribution in [0.15, 0.2) is 16.7 Å². The molecule has 0 aliphatic carbocycles. The molecule has 0 saturated carbocycles. The molecule has 0 fully saturated rings. The highest BCUT2D eigenvalue weighted by molar-refractivity contribution is 5.61. The number of rotatable bonds is 5. The molecule has 1 aromatic heterocycles. The monoisotopic (exact) mass is 289 g/mol. The summed E-state index contributed by atoms with van der Waals surface area (Å²) < 4.78 is 11.1. The first-order chi connectivity index (χ1) is 9.92. The van der Waals surface area contributed by atoms with Gasteiger partial charge in [0.05, 0.1) is 12.1 Å². The maximum atomic E-state index is 5.98. The first kappa shape index (κ1) is 15.5. The maximum absolute atomic E-state index is 5.98. The van der Waals surface area contributed by atoms with Gasteiger partial charge in [0.15, 0.2) is 0 Å². The SMILES string of the molecule is CC[C@@H](C)Oc1c(C)cc(-c2noc([C@@H](C)N)n2)cc1C. The third kappa shape index (κ3) is 3.42. The summed E-state index contributed by atoms with van der Waals surface area (Å²) in [5, 5.41) is 3.99. The number of nitrogens with two attached hydrogens (primary N) is 1. The zero-order valence-corrected chi connectivity index (χ0v) is 13.3. The molecule has 0 radical (unpaired) electrons. The lowest BCUT2D eigenvalue weighted by Crippen LogP contribution is -2.11. The van der Waals surface area contributed by atoms with Gasteiger partial charge < -0.3 is 15.0 Å². The molecule has 0 amide bonds. The van der Waals surface area contributed by atoms with Crippen molar-refractivity contribution in [2.24, 2.45) is 5.73 Å². The molecule has 1 aromatic carbocycles. The number of hydrogen-bond acceptors (Lipinski definition) is 5. The molecule has 1 heterocycles. The van der Waals surface area contributed by atoms with Crippen LogP contribution in [0.25, 0.3) is 11.4 Å². The van der Waals surface area contributed by atoms with Crippen LogP contribution in [-0.2, 0) is 0 Å². The van der Waals surface area contributed by atoms with Gasteiger partial charge in [0, 0.05) is 5.56 Å². The molecule has 21 heavy (non-hydrogen) atoms. The topological polar surface area (TPSA) is 74.2 Å². The van der Waals surface area contributed by atoms with E-state index in [2.05, 4.69) is 24.0 Å². The van der Waals surface area contributed by atoms with E-state index in [1.807, 2.05) is 32.9 Å². The van der Waals surface area contributed by atoms with Gasteiger partial charge in [-0.1, -0.05) is 12.1 Å². The molecule has 0 saturated heterocycles. The molecule has 5 nitrogen and oxygen atoms in total. The van der Waals surface area contributed by atoms with Gasteiger partial charge in [-0.15, -0.1) is 0 Å². The fourth-order valence-corrected chi connectivity index (χ4v) is 2.09. The van der Waals surface area contributed by atoms with E-state index in [4.69, 9.17) is 15.0 Å². The maximum Gasteiger partial charge on any atom is 0.243 e. The van der Waals surface area contributed by atoms with Gasteiger partial charge in [0.2, 0.25) is 11.7 Å². The molecule has 0 aliphatic heterocycles. The molecule has 2 N–H and O–H groups in total. The lowest BCUT2D eigenvalue weighted by Gasteiger charge is -2.17. The van der Waals surface area contributed by atoms with Crippen molar-refractivity contribution >= 4 is 0 Å². The molecule has 0 aliphatic rings. The summed E-state index contributed by atoms with van der Waals surface area (Å²) in [5.41, 5.74) is 8.79. The number of aromatic nitrogens is 2. The van der Waals surface area contributed by atoms with E-state index in [-0.39, 0.29) is 12.1 Å². The second kappa shape index (κ2) is 6.26. The molecule has 114 valence electrons. The van der Waals surface area contributed by atoms with E-state index in [1.54, 1.807) is 0 Å². The van der Waals surface area contributed by atoms with Crippen molar-refractivity contribution in [3.8, 4) is 17.1 Å². The van der Waals surface area contributed by atoms with Crippen LogP contribution in [0.2, 0.25) is 0 Å². The molecule has 0 unspecified atom stereocenters. The van der Waals surface area contributed by atoms with Crippen molar-refractivity contribution in [2.75, 3.05) is 0 Å². The van der Waals surface area contributed by atoms with Gasteiger partial charge >= 0.3 is 0 Å². The van der Waals surface area contributed by atoms with Gasteiger partial charge in [0.25, 0.3) is 0 Å². The normalized spacial score (nSPS) is 14.0. The lowest BCUT2D eigenvalue weighted by atomic mass is 10.0. The smallest absolute Gasteiger partial charge is 0.243 e. The summed E-state index contributed by atoms with van der Waals surface area (Å²) in [7, 11) is 0. The summed E-state index contributed by atoms with van der Waals surface area (Å²) >= 11 is 0. The van der Waals surface area contributed by atoms with Gasteiger partial charge in [0.1, 0.15) is 5.75 Å². The van der Waals surface area contributed by atoms with Crippen molar-refractivity contribution < 1.29 is 9.26 Å². The van der Waals surface area contributed by atoms with E-state index in [0.717, 1.165) is 28.9 Å². The lowest BCUT2D eigenvalue weighted by molar-refractivity contribution is 0.214. The second-order valence-electron chi connectivity index (χ2n) is 5.52. The van der Waals surface area contributed by atoms with Gasteiger partial charge in [-0.25, -0.2) is 0 Å². The van der Waals surface area contributed by atoms with Crippen LogP contribution in [0.5, 0.6) is 5.75 Å². The molecular weight excluding hydrogens is 266 g/mol. The van der Waals surface area contributed by atoms with Crippen molar-refractivity contribution in [1.29, 1.82) is 0 Å². The third-order valence-electron chi connectivity index (χ3n) is 3.44. The van der Waals surface area contributed by atoms with Crippen molar-refractivity contribution in [3.05, 3.63) is 29.2 Å². The Kier molecular flexibility index (Phi) is 4.63. The molecule has 5 heteroatoms. The van der Waals surface area contributed by atoms with E-state index in [1.165, 1.54) is 0 Å². The Balaban J connectivity index is 2.34. The van der Waals surface area contributed by atoms with E-state index in [0.29, 0.717) is 11.7 Å². The van der Waals surface area contributed by atoms with Crippen LogP contribution in [0.1, 0.15) is 50.3 Å². The second-order valence-corrected chi connectivity index (χ2v) is 5.52. The van der Waals surface area contributed by atoms with Gasteiger partial charge in [-0.3, -0.25) is 0 Å². The number of ether oxygens (including phenoxy) is 1. The zero-order chi connectivity index (χ0) is 15.6. The number of benzene rings is 1. The largest absolute Gasteiger partial charge is 0.490 e. The fourth-order valence-electron chi connectivity index (χ4n) is 2.09. The quantitative estimate of drug-likeness (QED) is 0.911. The van der Waals surface area contributed by atoms with E-state index in [9.17, 15) is 0 Å². The summed E-state index contributed by atoms with van der Waals surface area (Å²) in [4.78, 5) is 4.33. The van der Waals surface area contributed by atoms with Crippen LogP contribution in [0, 0.1) is 13.8 Å². The van der Waals surface area contributed by atoms with E-state index < -0.39 is 0 Å². The van der Waals surface area contributed by atoms with Crippen LogP contribution < -0.4 is 10.5 Å². The first-order valence-corrected chi connectivity index (χ1v) is 7.29. The summed E-state index contributed by atoms with van der Waals surface area (Å²) in [6.07, 6.45) is 1.17. The summed E-state index contributed by atoms with van der Waals surface area (Å²) in [6.45, 7) is 10.1. The Bertz CT molecular complexity index is 597.